The first kappa shape index (κ1) is 15.1. The van der Waals surface area contributed by atoms with Gasteiger partial charge in [-0.3, -0.25) is 0 Å². The van der Waals surface area contributed by atoms with E-state index in [9.17, 15) is 0 Å². The second kappa shape index (κ2) is 6.53. The minimum absolute atomic E-state index is 0.357. The van der Waals surface area contributed by atoms with E-state index in [1.54, 1.807) is 6.33 Å². The molecule has 1 N–H and O–H groups in total. The number of anilines is 3. The van der Waals surface area contributed by atoms with Crippen molar-refractivity contribution in [3.63, 3.8) is 0 Å². The fraction of sp³-hybridized carbons (Fsp3) is 0.353. The first-order valence-corrected chi connectivity index (χ1v) is 7.67. The number of aromatic nitrogens is 2. The van der Waals surface area contributed by atoms with Crippen LogP contribution in [0.5, 0.6) is 0 Å². The Labute approximate surface area is 136 Å². The predicted molar refractivity (Wildman–Crippen MR) is 91.8 cm³/mol. The van der Waals surface area contributed by atoms with Crippen LogP contribution in [0.2, 0.25) is 0 Å². The van der Waals surface area contributed by atoms with Gasteiger partial charge in [0.15, 0.2) is 0 Å². The summed E-state index contributed by atoms with van der Waals surface area (Å²) in [4.78, 5) is 12.8. The van der Waals surface area contributed by atoms with E-state index in [0.29, 0.717) is 11.6 Å². The highest BCUT2D eigenvalue weighted by molar-refractivity contribution is 5.52. The number of benzene rings is 1. The maximum Gasteiger partial charge on any atom is 0.133 e. The fourth-order valence-corrected chi connectivity index (χ4v) is 2.74. The minimum atomic E-state index is 0.357. The number of hydrogen-bond donors (Lipinski definition) is 1. The molecule has 1 aromatic heterocycles. The van der Waals surface area contributed by atoms with Gasteiger partial charge in [0.1, 0.15) is 18.0 Å². The molecule has 0 spiro atoms. The van der Waals surface area contributed by atoms with Crippen molar-refractivity contribution in [3.8, 4) is 6.07 Å². The maximum atomic E-state index is 8.87. The second-order valence-electron chi connectivity index (χ2n) is 5.89. The number of nitrogens with one attached hydrogen (secondary N) is 1. The lowest BCUT2D eigenvalue weighted by Gasteiger charge is -2.19. The van der Waals surface area contributed by atoms with Crippen LogP contribution >= 0.6 is 0 Å². The zero-order chi connectivity index (χ0) is 16.2. The third-order valence-electron chi connectivity index (χ3n) is 4.01. The van der Waals surface area contributed by atoms with E-state index in [-0.39, 0.29) is 0 Å². The summed E-state index contributed by atoms with van der Waals surface area (Å²) in [6.45, 7) is 1.92. The number of rotatable bonds is 4. The third kappa shape index (κ3) is 3.51. The Morgan fingerprint density at radius 1 is 1.26 bits per heavy atom. The summed E-state index contributed by atoms with van der Waals surface area (Å²) in [5.41, 5.74) is 1.85. The monoisotopic (exact) mass is 308 g/mol. The Kier molecular flexibility index (Phi) is 4.29. The molecule has 0 bridgehead atoms. The minimum Gasteiger partial charge on any atom is -0.369 e. The van der Waals surface area contributed by atoms with Crippen molar-refractivity contribution in [1.29, 1.82) is 5.26 Å². The van der Waals surface area contributed by atoms with Crippen LogP contribution in [0.25, 0.3) is 0 Å². The van der Waals surface area contributed by atoms with E-state index in [2.05, 4.69) is 26.3 Å². The Bertz CT molecular complexity index is 704. The van der Waals surface area contributed by atoms with E-state index in [1.807, 2.05) is 49.3 Å². The van der Waals surface area contributed by atoms with Crippen LogP contribution in [-0.4, -0.2) is 43.2 Å². The summed E-state index contributed by atoms with van der Waals surface area (Å²) in [7, 11) is 3.93. The Balaban J connectivity index is 1.63. The summed E-state index contributed by atoms with van der Waals surface area (Å²) in [5.74, 6) is 1.75. The average molecular weight is 308 g/mol. The molecule has 2 aromatic rings. The molecule has 6 nitrogen and oxygen atoms in total. The normalized spacial score (nSPS) is 16.9. The van der Waals surface area contributed by atoms with Gasteiger partial charge in [-0.2, -0.15) is 5.26 Å². The van der Waals surface area contributed by atoms with Crippen molar-refractivity contribution in [2.24, 2.45) is 0 Å². The number of hydrogen-bond acceptors (Lipinski definition) is 6. The molecule has 0 aliphatic carbocycles. The Morgan fingerprint density at radius 3 is 2.74 bits per heavy atom. The van der Waals surface area contributed by atoms with Gasteiger partial charge in [0, 0.05) is 45.0 Å². The topological polar surface area (TPSA) is 68.1 Å². The van der Waals surface area contributed by atoms with E-state index < -0.39 is 0 Å². The van der Waals surface area contributed by atoms with Crippen molar-refractivity contribution in [3.05, 3.63) is 42.2 Å². The third-order valence-corrected chi connectivity index (χ3v) is 4.01. The van der Waals surface area contributed by atoms with Gasteiger partial charge in [-0.25, -0.2) is 9.97 Å². The molecule has 1 aliphatic rings. The number of nitriles is 1. The average Bonchev–Trinajstić information content (AvgIpc) is 3.03. The molecule has 0 saturated carbocycles. The summed E-state index contributed by atoms with van der Waals surface area (Å²) < 4.78 is 0. The molecule has 6 heteroatoms. The summed E-state index contributed by atoms with van der Waals surface area (Å²) in [5, 5.41) is 12.4. The van der Waals surface area contributed by atoms with Crippen LogP contribution < -0.4 is 15.1 Å². The highest BCUT2D eigenvalue weighted by atomic mass is 15.2. The molecular formula is C17H20N6. The van der Waals surface area contributed by atoms with E-state index >= 15 is 0 Å². The van der Waals surface area contributed by atoms with Crippen LogP contribution in [0.4, 0.5) is 17.3 Å². The molecule has 1 atom stereocenters. The molecule has 3 rings (SSSR count). The lowest BCUT2D eigenvalue weighted by molar-refractivity contribution is 0.799. The van der Waals surface area contributed by atoms with Gasteiger partial charge in [-0.15, -0.1) is 0 Å². The number of nitrogens with zero attached hydrogens (tertiary/aromatic N) is 5. The SMILES string of the molecule is CN(C)c1cc(NC2CCN(c3ccc(C#N)cc3)C2)ncn1. The van der Waals surface area contributed by atoms with E-state index in [4.69, 9.17) is 5.26 Å². The molecule has 0 radical (unpaired) electrons. The smallest absolute Gasteiger partial charge is 0.133 e. The van der Waals surface area contributed by atoms with Gasteiger partial charge in [0.05, 0.1) is 11.6 Å². The van der Waals surface area contributed by atoms with Crippen LogP contribution in [0.15, 0.2) is 36.7 Å². The lowest BCUT2D eigenvalue weighted by atomic mass is 10.2. The molecule has 1 saturated heterocycles. The first-order chi connectivity index (χ1) is 11.2. The molecule has 2 heterocycles. The maximum absolute atomic E-state index is 8.87. The van der Waals surface area contributed by atoms with Gasteiger partial charge in [-0.05, 0) is 30.7 Å². The van der Waals surface area contributed by atoms with Crippen molar-refractivity contribution in [2.75, 3.05) is 42.3 Å². The van der Waals surface area contributed by atoms with Gasteiger partial charge < -0.3 is 15.1 Å². The van der Waals surface area contributed by atoms with Crippen LogP contribution in [0.3, 0.4) is 0 Å². The molecule has 0 amide bonds. The highest BCUT2D eigenvalue weighted by Gasteiger charge is 2.23. The molecule has 1 aliphatic heterocycles. The second-order valence-corrected chi connectivity index (χ2v) is 5.89. The largest absolute Gasteiger partial charge is 0.369 e. The quantitative estimate of drug-likeness (QED) is 0.933. The fourth-order valence-electron chi connectivity index (χ4n) is 2.74. The van der Waals surface area contributed by atoms with Gasteiger partial charge in [0.25, 0.3) is 0 Å². The zero-order valence-electron chi connectivity index (χ0n) is 13.4. The molecule has 118 valence electrons. The highest BCUT2D eigenvalue weighted by Crippen LogP contribution is 2.23. The molecule has 1 fully saturated rings. The van der Waals surface area contributed by atoms with E-state index in [0.717, 1.165) is 36.8 Å². The van der Waals surface area contributed by atoms with Crippen molar-refractivity contribution < 1.29 is 0 Å². The van der Waals surface area contributed by atoms with Crippen molar-refractivity contribution in [2.45, 2.75) is 12.5 Å². The van der Waals surface area contributed by atoms with Crippen LogP contribution in [-0.2, 0) is 0 Å². The first-order valence-electron chi connectivity index (χ1n) is 7.67. The van der Waals surface area contributed by atoms with Gasteiger partial charge in [-0.1, -0.05) is 0 Å². The molecule has 1 aromatic carbocycles. The van der Waals surface area contributed by atoms with Gasteiger partial charge in [0.2, 0.25) is 0 Å². The predicted octanol–water partition coefficient (Wildman–Crippen LogP) is 2.11. The van der Waals surface area contributed by atoms with Crippen LogP contribution in [0, 0.1) is 11.3 Å². The van der Waals surface area contributed by atoms with Crippen LogP contribution in [0.1, 0.15) is 12.0 Å². The van der Waals surface area contributed by atoms with Crippen molar-refractivity contribution >= 4 is 17.3 Å². The zero-order valence-corrected chi connectivity index (χ0v) is 13.4. The summed E-state index contributed by atoms with van der Waals surface area (Å²) in [6.07, 6.45) is 2.65. The molecular weight excluding hydrogens is 288 g/mol. The lowest BCUT2D eigenvalue weighted by Crippen LogP contribution is -2.26. The summed E-state index contributed by atoms with van der Waals surface area (Å²) in [6, 6.07) is 12.2. The van der Waals surface area contributed by atoms with E-state index in [1.165, 1.54) is 0 Å². The Hall–Kier alpha value is -2.81. The standard InChI is InChI=1S/C17H20N6/c1-22(2)17-9-16(19-12-20-17)21-14-7-8-23(11-14)15-5-3-13(10-18)4-6-15/h3-6,9,12,14H,7-8,11H2,1-2H3,(H,19,20,21). The summed E-state index contributed by atoms with van der Waals surface area (Å²) >= 11 is 0. The molecule has 1 unspecified atom stereocenters. The van der Waals surface area contributed by atoms with Crippen molar-refractivity contribution in [1.82, 2.24) is 9.97 Å². The molecule has 23 heavy (non-hydrogen) atoms. The van der Waals surface area contributed by atoms with Gasteiger partial charge >= 0.3 is 0 Å². The Morgan fingerprint density at radius 2 is 2.04 bits per heavy atom.